The largest absolute Gasteiger partial charge is 0.481 e. The second kappa shape index (κ2) is 3.72. The maximum Gasteiger partial charge on any atom is 0.307 e. The molecule has 0 aromatic heterocycles. The molecule has 0 aliphatic rings. The highest BCUT2D eigenvalue weighted by atomic mass is 16.4. The molecule has 1 aromatic carbocycles. The molecule has 0 amide bonds. The summed E-state index contributed by atoms with van der Waals surface area (Å²) in [6, 6.07) is 7.34. The molecule has 0 fully saturated rings. The number of carboxylic acid groups (broad SMARTS) is 1. The van der Waals surface area contributed by atoms with Crippen molar-refractivity contribution >= 4 is 12.0 Å². The van der Waals surface area contributed by atoms with Gasteiger partial charge < -0.3 is 5.11 Å². The van der Waals surface area contributed by atoms with Crippen molar-refractivity contribution in [2.75, 3.05) is 0 Å². The van der Waals surface area contributed by atoms with E-state index in [1.54, 1.807) is 12.1 Å². The fraction of sp³-hybridized carbons (Fsp3) is 0.100. The molecular formula is C10H10O2. The zero-order valence-electron chi connectivity index (χ0n) is 6.66. The Morgan fingerprint density at radius 1 is 1.50 bits per heavy atom. The van der Waals surface area contributed by atoms with Gasteiger partial charge >= 0.3 is 5.97 Å². The lowest BCUT2D eigenvalue weighted by Crippen LogP contribution is -2.01. The predicted molar refractivity (Wildman–Crippen MR) is 47.9 cm³/mol. The van der Waals surface area contributed by atoms with Crippen LogP contribution in [0.4, 0.5) is 0 Å². The standard InChI is InChI=1S/C10H10O2/c1-2-8-5-3-4-6-9(8)7-10(11)12/h2-6H,1,7H2,(H,11,12). The SMILES string of the molecule is C=Cc1ccccc1CC(=O)O. The second-order valence-corrected chi connectivity index (χ2v) is 2.47. The maximum atomic E-state index is 10.4. The first-order valence-electron chi connectivity index (χ1n) is 3.66. The van der Waals surface area contributed by atoms with Crippen molar-refractivity contribution in [1.29, 1.82) is 0 Å². The first kappa shape index (κ1) is 8.53. The fourth-order valence-corrected chi connectivity index (χ4v) is 1.06. The fourth-order valence-electron chi connectivity index (χ4n) is 1.06. The van der Waals surface area contributed by atoms with Gasteiger partial charge in [0.25, 0.3) is 0 Å². The quantitative estimate of drug-likeness (QED) is 0.737. The van der Waals surface area contributed by atoms with Gasteiger partial charge in [-0.1, -0.05) is 36.9 Å². The molecule has 1 N–H and O–H groups in total. The van der Waals surface area contributed by atoms with Crippen LogP contribution in [-0.2, 0) is 11.2 Å². The van der Waals surface area contributed by atoms with Crippen molar-refractivity contribution in [1.82, 2.24) is 0 Å². The Bertz CT molecular complexity index is 302. The van der Waals surface area contributed by atoms with E-state index in [2.05, 4.69) is 6.58 Å². The van der Waals surface area contributed by atoms with Crippen molar-refractivity contribution in [3.8, 4) is 0 Å². The summed E-state index contributed by atoms with van der Waals surface area (Å²) in [6.45, 7) is 3.61. The summed E-state index contributed by atoms with van der Waals surface area (Å²) >= 11 is 0. The van der Waals surface area contributed by atoms with Crippen LogP contribution < -0.4 is 0 Å². The lowest BCUT2D eigenvalue weighted by atomic mass is 10.1. The van der Waals surface area contributed by atoms with Gasteiger partial charge in [-0.25, -0.2) is 0 Å². The van der Waals surface area contributed by atoms with E-state index in [-0.39, 0.29) is 6.42 Å². The maximum absolute atomic E-state index is 10.4. The van der Waals surface area contributed by atoms with Crippen molar-refractivity contribution in [2.45, 2.75) is 6.42 Å². The molecule has 0 bridgehead atoms. The van der Waals surface area contributed by atoms with Crippen LogP contribution in [0.2, 0.25) is 0 Å². The highest BCUT2D eigenvalue weighted by Crippen LogP contribution is 2.10. The zero-order chi connectivity index (χ0) is 8.97. The molecule has 2 heteroatoms. The molecule has 1 aromatic rings. The van der Waals surface area contributed by atoms with E-state index in [0.29, 0.717) is 0 Å². The third kappa shape index (κ3) is 1.95. The van der Waals surface area contributed by atoms with Crippen LogP contribution in [0.15, 0.2) is 30.8 Å². The Hall–Kier alpha value is -1.57. The summed E-state index contributed by atoms with van der Waals surface area (Å²) in [4.78, 5) is 10.4. The van der Waals surface area contributed by atoms with E-state index in [1.807, 2.05) is 18.2 Å². The van der Waals surface area contributed by atoms with Gasteiger partial charge in [0.05, 0.1) is 6.42 Å². The van der Waals surface area contributed by atoms with Crippen LogP contribution in [0.25, 0.3) is 6.08 Å². The molecule has 62 valence electrons. The molecule has 0 saturated carbocycles. The molecule has 0 radical (unpaired) electrons. The van der Waals surface area contributed by atoms with Crippen molar-refractivity contribution in [2.24, 2.45) is 0 Å². The minimum atomic E-state index is -0.815. The first-order valence-corrected chi connectivity index (χ1v) is 3.66. The van der Waals surface area contributed by atoms with Crippen molar-refractivity contribution in [3.63, 3.8) is 0 Å². The van der Waals surface area contributed by atoms with Crippen LogP contribution in [0, 0.1) is 0 Å². The van der Waals surface area contributed by atoms with Crippen LogP contribution in [0.1, 0.15) is 11.1 Å². The van der Waals surface area contributed by atoms with Crippen LogP contribution in [0.5, 0.6) is 0 Å². The minimum Gasteiger partial charge on any atom is -0.481 e. The molecule has 0 heterocycles. The Morgan fingerprint density at radius 2 is 2.17 bits per heavy atom. The molecule has 0 aliphatic heterocycles. The van der Waals surface area contributed by atoms with Gasteiger partial charge in [-0.2, -0.15) is 0 Å². The predicted octanol–water partition coefficient (Wildman–Crippen LogP) is 1.96. The summed E-state index contributed by atoms with van der Waals surface area (Å²) in [7, 11) is 0. The first-order chi connectivity index (χ1) is 5.74. The molecule has 0 unspecified atom stereocenters. The summed E-state index contributed by atoms with van der Waals surface area (Å²) in [5.41, 5.74) is 1.69. The summed E-state index contributed by atoms with van der Waals surface area (Å²) in [5.74, 6) is -0.815. The number of carbonyl (C=O) groups is 1. The third-order valence-corrected chi connectivity index (χ3v) is 1.62. The van der Waals surface area contributed by atoms with Gasteiger partial charge in [0.1, 0.15) is 0 Å². The number of aliphatic carboxylic acids is 1. The van der Waals surface area contributed by atoms with E-state index < -0.39 is 5.97 Å². The molecule has 0 saturated heterocycles. The van der Waals surface area contributed by atoms with Crippen LogP contribution >= 0.6 is 0 Å². The van der Waals surface area contributed by atoms with Crippen LogP contribution in [-0.4, -0.2) is 11.1 Å². The van der Waals surface area contributed by atoms with E-state index in [4.69, 9.17) is 5.11 Å². The van der Waals surface area contributed by atoms with E-state index in [9.17, 15) is 4.79 Å². The van der Waals surface area contributed by atoms with E-state index in [0.717, 1.165) is 11.1 Å². The molecule has 12 heavy (non-hydrogen) atoms. The summed E-state index contributed by atoms with van der Waals surface area (Å²) in [5, 5.41) is 8.55. The Kier molecular flexibility index (Phi) is 2.64. The van der Waals surface area contributed by atoms with Crippen molar-refractivity contribution in [3.05, 3.63) is 42.0 Å². The molecule has 2 nitrogen and oxygen atoms in total. The zero-order valence-corrected chi connectivity index (χ0v) is 6.66. The number of rotatable bonds is 3. The van der Waals surface area contributed by atoms with E-state index in [1.165, 1.54) is 0 Å². The number of benzene rings is 1. The molecule has 1 rings (SSSR count). The van der Waals surface area contributed by atoms with Crippen LogP contribution in [0.3, 0.4) is 0 Å². The Balaban J connectivity index is 2.96. The van der Waals surface area contributed by atoms with Gasteiger partial charge in [0.2, 0.25) is 0 Å². The highest BCUT2D eigenvalue weighted by Gasteiger charge is 2.02. The third-order valence-electron chi connectivity index (χ3n) is 1.62. The van der Waals surface area contributed by atoms with Gasteiger partial charge in [-0.15, -0.1) is 0 Å². The smallest absolute Gasteiger partial charge is 0.307 e. The second-order valence-electron chi connectivity index (χ2n) is 2.47. The minimum absolute atomic E-state index is 0.0577. The molecule has 0 atom stereocenters. The average molecular weight is 162 g/mol. The Morgan fingerprint density at radius 3 is 2.75 bits per heavy atom. The van der Waals surface area contributed by atoms with Gasteiger partial charge in [-0.05, 0) is 11.1 Å². The van der Waals surface area contributed by atoms with Gasteiger partial charge in [0, 0.05) is 0 Å². The lowest BCUT2D eigenvalue weighted by Gasteiger charge is -2.00. The Labute approximate surface area is 71.2 Å². The molecule has 0 spiro atoms. The monoisotopic (exact) mass is 162 g/mol. The normalized spacial score (nSPS) is 9.33. The average Bonchev–Trinajstić information content (AvgIpc) is 2.04. The number of carboxylic acids is 1. The summed E-state index contributed by atoms with van der Waals surface area (Å²) in [6.07, 6.45) is 1.72. The number of hydrogen-bond donors (Lipinski definition) is 1. The number of hydrogen-bond acceptors (Lipinski definition) is 1. The lowest BCUT2D eigenvalue weighted by molar-refractivity contribution is -0.136. The van der Waals surface area contributed by atoms with Gasteiger partial charge in [0.15, 0.2) is 0 Å². The van der Waals surface area contributed by atoms with Gasteiger partial charge in [-0.3, -0.25) is 4.79 Å². The van der Waals surface area contributed by atoms with Crippen molar-refractivity contribution < 1.29 is 9.90 Å². The molecule has 0 aliphatic carbocycles. The molecular weight excluding hydrogens is 152 g/mol. The highest BCUT2D eigenvalue weighted by molar-refractivity contribution is 5.72. The van der Waals surface area contributed by atoms with E-state index >= 15 is 0 Å². The topological polar surface area (TPSA) is 37.3 Å². The summed E-state index contributed by atoms with van der Waals surface area (Å²) < 4.78 is 0.